The van der Waals surface area contributed by atoms with Crippen molar-refractivity contribution in [3.8, 4) is 11.5 Å². The fourth-order valence-electron chi connectivity index (χ4n) is 2.41. The number of benzene rings is 2. The number of nitrogens with one attached hydrogen (secondary N) is 2. The van der Waals surface area contributed by atoms with Crippen molar-refractivity contribution in [3.05, 3.63) is 57.6 Å². The molecule has 0 aromatic heterocycles. The molecular formula is C19H20F3N3O5. The summed E-state index contributed by atoms with van der Waals surface area (Å²) >= 11 is 0. The van der Waals surface area contributed by atoms with E-state index in [1.807, 2.05) is 6.92 Å². The molecule has 0 bridgehead atoms. The van der Waals surface area contributed by atoms with Gasteiger partial charge in [0.2, 0.25) is 0 Å². The lowest BCUT2D eigenvalue weighted by molar-refractivity contribution is -0.384. The molecule has 2 aromatic rings. The van der Waals surface area contributed by atoms with Gasteiger partial charge >= 0.3 is 6.18 Å². The van der Waals surface area contributed by atoms with Crippen molar-refractivity contribution in [2.75, 3.05) is 18.6 Å². The summed E-state index contributed by atoms with van der Waals surface area (Å²) in [6.45, 7) is 4.50. The van der Waals surface area contributed by atoms with Crippen molar-refractivity contribution in [2.24, 2.45) is 0 Å². The zero-order valence-electron chi connectivity index (χ0n) is 16.2. The summed E-state index contributed by atoms with van der Waals surface area (Å²) in [5.74, 6) is 0.132. The lowest BCUT2D eigenvalue weighted by Crippen LogP contribution is -2.29. The first-order valence-corrected chi connectivity index (χ1v) is 8.99. The van der Waals surface area contributed by atoms with E-state index in [1.165, 1.54) is 12.1 Å². The lowest BCUT2D eigenvalue weighted by Gasteiger charge is -2.14. The predicted molar refractivity (Wildman–Crippen MR) is 103 cm³/mol. The second kappa shape index (κ2) is 9.81. The molecule has 0 radical (unpaired) electrons. The van der Waals surface area contributed by atoms with E-state index in [4.69, 9.17) is 9.47 Å². The van der Waals surface area contributed by atoms with Gasteiger partial charge in [-0.2, -0.15) is 13.2 Å². The molecule has 0 fully saturated rings. The molecule has 1 amide bonds. The van der Waals surface area contributed by atoms with Gasteiger partial charge < -0.3 is 9.47 Å². The summed E-state index contributed by atoms with van der Waals surface area (Å²) in [5, 5.41) is 11.1. The standard InChI is InChI=1S/C19H20F3N3O5/c1-3-9-30-16-8-5-12(10-17(16)29-4-2)18(26)24-23-14-7-6-13(19(20,21)22)11-15(14)25(27)28/h5-8,10-11,23H,3-4,9H2,1-2H3,(H,24,26). The normalized spacial score (nSPS) is 11.0. The first-order valence-electron chi connectivity index (χ1n) is 8.99. The Kier molecular flexibility index (Phi) is 7.45. The molecule has 0 spiro atoms. The van der Waals surface area contributed by atoms with E-state index < -0.39 is 28.3 Å². The van der Waals surface area contributed by atoms with E-state index >= 15 is 0 Å². The molecule has 11 heteroatoms. The third-order valence-corrected chi connectivity index (χ3v) is 3.80. The molecule has 0 aliphatic heterocycles. The van der Waals surface area contributed by atoms with Gasteiger partial charge in [0, 0.05) is 11.6 Å². The summed E-state index contributed by atoms with van der Waals surface area (Å²) in [5.41, 5.74) is 2.38. The Morgan fingerprint density at radius 2 is 1.83 bits per heavy atom. The molecule has 0 saturated carbocycles. The monoisotopic (exact) mass is 427 g/mol. The zero-order chi connectivity index (χ0) is 22.3. The summed E-state index contributed by atoms with van der Waals surface area (Å²) in [4.78, 5) is 22.5. The van der Waals surface area contributed by atoms with Crippen LogP contribution in [0.5, 0.6) is 11.5 Å². The number of nitro groups is 1. The molecule has 0 aliphatic rings. The summed E-state index contributed by atoms with van der Waals surface area (Å²) in [7, 11) is 0. The van der Waals surface area contributed by atoms with E-state index in [0.717, 1.165) is 12.5 Å². The first-order chi connectivity index (χ1) is 14.2. The van der Waals surface area contributed by atoms with Crippen LogP contribution in [0, 0.1) is 10.1 Å². The van der Waals surface area contributed by atoms with Crippen molar-refractivity contribution in [2.45, 2.75) is 26.4 Å². The minimum absolute atomic E-state index is 0.157. The number of hydrazine groups is 1. The highest BCUT2D eigenvalue weighted by Gasteiger charge is 2.33. The molecule has 162 valence electrons. The van der Waals surface area contributed by atoms with E-state index in [9.17, 15) is 28.1 Å². The van der Waals surface area contributed by atoms with E-state index in [0.29, 0.717) is 36.8 Å². The highest BCUT2D eigenvalue weighted by Crippen LogP contribution is 2.35. The number of hydrogen-bond donors (Lipinski definition) is 2. The van der Waals surface area contributed by atoms with E-state index in [1.54, 1.807) is 13.0 Å². The third-order valence-electron chi connectivity index (χ3n) is 3.80. The van der Waals surface area contributed by atoms with E-state index in [2.05, 4.69) is 10.9 Å². The van der Waals surface area contributed by atoms with Crippen LogP contribution in [0.25, 0.3) is 0 Å². The van der Waals surface area contributed by atoms with Gasteiger partial charge in [-0.1, -0.05) is 6.92 Å². The van der Waals surface area contributed by atoms with Crippen molar-refractivity contribution < 1.29 is 32.4 Å². The number of carbonyl (C=O) groups excluding carboxylic acids is 1. The molecule has 2 N–H and O–H groups in total. The van der Waals surface area contributed by atoms with Crippen LogP contribution in [-0.2, 0) is 6.18 Å². The van der Waals surface area contributed by atoms with Crippen molar-refractivity contribution >= 4 is 17.3 Å². The molecule has 0 unspecified atom stereocenters. The van der Waals surface area contributed by atoms with Crippen LogP contribution in [0.2, 0.25) is 0 Å². The van der Waals surface area contributed by atoms with Gasteiger partial charge in [0.25, 0.3) is 11.6 Å². The maximum atomic E-state index is 12.8. The number of ether oxygens (including phenoxy) is 2. The Balaban J connectivity index is 2.19. The largest absolute Gasteiger partial charge is 0.490 e. The first kappa shape index (κ1) is 22.8. The number of nitrogens with zero attached hydrogens (tertiary/aromatic N) is 1. The second-order valence-electron chi connectivity index (χ2n) is 6.01. The topological polar surface area (TPSA) is 103 Å². The van der Waals surface area contributed by atoms with Crippen LogP contribution in [0.15, 0.2) is 36.4 Å². The van der Waals surface area contributed by atoms with E-state index in [-0.39, 0.29) is 11.3 Å². The zero-order valence-corrected chi connectivity index (χ0v) is 16.2. The molecule has 2 rings (SSSR count). The SMILES string of the molecule is CCCOc1ccc(C(=O)NNc2ccc(C(F)(F)F)cc2[N+](=O)[O-])cc1OCC. The van der Waals surface area contributed by atoms with Gasteiger partial charge in [-0.25, -0.2) is 0 Å². The Morgan fingerprint density at radius 1 is 1.10 bits per heavy atom. The molecule has 0 saturated heterocycles. The van der Waals surface area contributed by atoms with Gasteiger partial charge in [-0.3, -0.25) is 25.8 Å². The average molecular weight is 427 g/mol. The maximum absolute atomic E-state index is 12.8. The fourth-order valence-corrected chi connectivity index (χ4v) is 2.41. The third kappa shape index (κ3) is 5.75. The Bertz CT molecular complexity index is 919. The fraction of sp³-hybridized carbons (Fsp3) is 0.316. The van der Waals surface area contributed by atoms with Gasteiger partial charge in [0.15, 0.2) is 11.5 Å². The number of hydrogen-bond acceptors (Lipinski definition) is 6. The molecule has 2 aromatic carbocycles. The minimum atomic E-state index is -4.73. The van der Waals surface area contributed by atoms with Crippen LogP contribution in [0.3, 0.4) is 0 Å². The van der Waals surface area contributed by atoms with Gasteiger partial charge in [0.05, 0.1) is 23.7 Å². The minimum Gasteiger partial charge on any atom is -0.490 e. The highest BCUT2D eigenvalue weighted by molar-refractivity contribution is 5.95. The number of alkyl halides is 3. The van der Waals surface area contributed by atoms with Crippen LogP contribution in [-0.4, -0.2) is 24.0 Å². The maximum Gasteiger partial charge on any atom is 0.416 e. The van der Waals surface area contributed by atoms with Gasteiger partial charge in [0.1, 0.15) is 5.69 Å². The number of carbonyl (C=O) groups is 1. The summed E-state index contributed by atoms with van der Waals surface area (Å²) < 4.78 is 49.3. The van der Waals surface area contributed by atoms with Crippen molar-refractivity contribution in [1.29, 1.82) is 0 Å². The van der Waals surface area contributed by atoms with Gasteiger partial charge in [-0.15, -0.1) is 0 Å². The van der Waals surface area contributed by atoms with Gasteiger partial charge in [-0.05, 0) is 43.7 Å². The number of halogens is 3. The number of anilines is 1. The van der Waals surface area contributed by atoms with Crippen LogP contribution in [0.1, 0.15) is 36.2 Å². The molecule has 0 heterocycles. The van der Waals surface area contributed by atoms with Crippen LogP contribution in [0.4, 0.5) is 24.5 Å². The average Bonchev–Trinajstić information content (AvgIpc) is 2.70. The second-order valence-corrected chi connectivity index (χ2v) is 6.01. The summed E-state index contributed by atoms with van der Waals surface area (Å²) in [6, 6.07) is 6.39. The van der Waals surface area contributed by atoms with Crippen molar-refractivity contribution in [1.82, 2.24) is 5.43 Å². The molecular weight excluding hydrogens is 407 g/mol. The smallest absolute Gasteiger partial charge is 0.416 e. The Labute approximate surface area is 170 Å². The summed E-state index contributed by atoms with van der Waals surface area (Å²) in [6.07, 6.45) is -3.95. The predicted octanol–water partition coefficient (Wildman–Crippen LogP) is 4.56. The Hall–Kier alpha value is -3.50. The molecule has 30 heavy (non-hydrogen) atoms. The molecule has 0 atom stereocenters. The number of nitro benzene ring substituents is 1. The van der Waals surface area contributed by atoms with Crippen LogP contribution >= 0.6 is 0 Å². The highest BCUT2D eigenvalue weighted by atomic mass is 19.4. The Morgan fingerprint density at radius 3 is 2.43 bits per heavy atom. The quantitative estimate of drug-likeness (QED) is 0.449. The molecule has 0 aliphatic carbocycles. The van der Waals surface area contributed by atoms with Crippen molar-refractivity contribution in [3.63, 3.8) is 0 Å². The van der Waals surface area contributed by atoms with Crippen LogP contribution < -0.4 is 20.3 Å². The lowest BCUT2D eigenvalue weighted by atomic mass is 10.1. The number of rotatable bonds is 9. The molecule has 8 nitrogen and oxygen atoms in total. The number of amides is 1.